The van der Waals surface area contributed by atoms with Gasteiger partial charge in [-0.25, -0.2) is 4.98 Å². The zero-order chi connectivity index (χ0) is 15.7. The van der Waals surface area contributed by atoms with E-state index in [-0.39, 0.29) is 0 Å². The Balaban J connectivity index is 1.95. The summed E-state index contributed by atoms with van der Waals surface area (Å²) in [5.74, 6) is 0.374. The minimum Gasteiger partial charge on any atom is -0.383 e. The Hall–Kier alpha value is -1.89. The van der Waals surface area contributed by atoms with Gasteiger partial charge in [-0.15, -0.1) is 4.91 Å². The fraction of sp³-hybridized carbons (Fsp3) is 0.467. The number of rotatable bonds is 4. The summed E-state index contributed by atoms with van der Waals surface area (Å²) in [6, 6.07) is 4.40. The second-order valence-corrected chi connectivity index (χ2v) is 9.21. The standard InChI is InChI=1S/C15H21N5OS/c1-22(2,19-21)14-9-11(10-17-15(14)16)13-7-8-20(18-13)12-5-3-4-6-12/h7-10,12H,3-6H2,1-2H3,(H2,16,17). The molecule has 0 spiro atoms. The van der Waals surface area contributed by atoms with Crippen molar-refractivity contribution in [2.75, 3.05) is 18.2 Å². The smallest absolute Gasteiger partial charge is 0.137 e. The van der Waals surface area contributed by atoms with Crippen molar-refractivity contribution in [3.05, 3.63) is 29.4 Å². The van der Waals surface area contributed by atoms with Gasteiger partial charge in [-0.3, -0.25) is 4.68 Å². The second-order valence-electron chi connectivity index (χ2n) is 6.07. The lowest BCUT2D eigenvalue weighted by Crippen LogP contribution is -2.05. The van der Waals surface area contributed by atoms with E-state index in [4.69, 9.17) is 5.73 Å². The summed E-state index contributed by atoms with van der Waals surface area (Å²) in [5, 5.41) is 4.68. The molecule has 0 aliphatic heterocycles. The van der Waals surface area contributed by atoms with E-state index in [9.17, 15) is 4.91 Å². The molecule has 1 saturated carbocycles. The third-order valence-electron chi connectivity index (χ3n) is 4.21. The lowest BCUT2D eigenvalue weighted by molar-refractivity contribution is 0.468. The van der Waals surface area contributed by atoms with E-state index >= 15 is 0 Å². The van der Waals surface area contributed by atoms with Gasteiger partial charge in [-0.05, 0) is 42.1 Å². The van der Waals surface area contributed by atoms with Gasteiger partial charge in [0.2, 0.25) is 0 Å². The molecule has 0 amide bonds. The van der Waals surface area contributed by atoms with Crippen LogP contribution in [0, 0.1) is 4.91 Å². The number of pyridine rings is 1. The zero-order valence-electron chi connectivity index (χ0n) is 12.9. The molecule has 2 heterocycles. The van der Waals surface area contributed by atoms with E-state index in [0.29, 0.717) is 11.9 Å². The zero-order valence-corrected chi connectivity index (χ0v) is 13.7. The highest BCUT2D eigenvalue weighted by molar-refractivity contribution is 8.31. The van der Waals surface area contributed by atoms with E-state index in [2.05, 4.69) is 14.7 Å². The maximum Gasteiger partial charge on any atom is 0.137 e. The molecule has 118 valence electrons. The first-order chi connectivity index (χ1) is 10.5. The molecule has 0 aromatic carbocycles. The van der Waals surface area contributed by atoms with Crippen LogP contribution in [0.3, 0.4) is 0 Å². The summed E-state index contributed by atoms with van der Waals surface area (Å²) in [4.78, 5) is 16.0. The molecule has 0 unspecified atom stereocenters. The van der Waals surface area contributed by atoms with Gasteiger partial charge in [0.15, 0.2) is 0 Å². The predicted molar refractivity (Wildman–Crippen MR) is 90.9 cm³/mol. The van der Waals surface area contributed by atoms with Crippen LogP contribution in [0.15, 0.2) is 34.0 Å². The Bertz CT molecular complexity index is 691. The molecule has 6 nitrogen and oxygen atoms in total. The number of nitrogen functional groups attached to an aromatic ring is 1. The van der Waals surface area contributed by atoms with Crippen LogP contribution < -0.4 is 5.73 Å². The van der Waals surface area contributed by atoms with Crippen LogP contribution in [0.4, 0.5) is 5.82 Å². The summed E-state index contributed by atoms with van der Waals surface area (Å²) in [5.41, 5.74) is 7.66. The Kier molecular flexibility index (Phi) is 3.90. The van der Waals surface area contributed by atoms with Crippen molar-refractivity contribution in [1.82, 2.24) is 14.8 Å². The topological polar surface area (TPSA) is 86.2 Å². The van der Waals surface area contributed by atoms with Gasteiger partial charge in [0.1, 0.15) is 5.82 Å². The van der Waals surface area contributed by atoms with E-state index in [1.54, 1.807) is 6.20 Å². The Morgan fingerprint density at radius 1 is 1.36 bits per heavy atom. The molecule has 7 heteroatoms. The number of hydrogen-bond acceptors (Lipinski definition) is 5. The molecule has 1 fully saturated rings. The first-order valence-corrected chi connectivity index (χ1v) is 9.81. The molecule has 1 aliphatic rings. The van der Waals surface area contributed by atoms with Crippen molar-refractivity contribution in [2.24, 2.45) is 4.58 Å². The maximum absolute atomic E-state index is 11.1. The van der Waals surface area contributed by atoms with Crippen LogP contribution in [-0.2, 0) is 0 Å². The van der Waals surface area contributed by atoms with Crippen LogP contribution in [0.5, 0.6) is 0 Å². The molecule has 0 radical (unpaired) electrons. The van der Waals surface area contributed by atoms with Gasteiger partial charge in [-0.2, -0.15) is 5.10 Å². The van der Waals surface area contributed by atoms with Crippen molar-refractivity contribution < 1.29 is 0 Å². The van der Waals surface area contributed by atoms with Crippen molar-refractivity contribution in [2.45, 2.75) is 36.6 Å². The number of nitrogens with two attached hydrogens (primary N) is 1. The summed E-state index contributed by atoms with van der Waals surface area (Å²) in [6.45, 7) is 0. The molecule has 0 atom stereocenters. The molecule has 2 aromatic rings. The number of nitroso groups, excluding NO2 is 1. The van der Waals surface area contributed by atoms with Gasteiger partial charge in [-0.1, -0.05) is 23.1 Å². The van der Waals surface area contributed by atoms with E-state index in [0.717, 1.165) is 16.2 Å². The highest BCUT2D eigenvalue weighted by Gasteiger charge is 2.21. The van der Waals surface area contributed by atoms with Crippen LogP contribution >= 0.6 is 10.2 Å². The third kappa shape index (κ3) is 2.72. The van der Waals surface area contributed by atoms with Crippen LogP contribution in [-0.4, -0.2) is 27.3 Å². The van der Waals surface area contributed by atoms with Gasteiger partial charge < -0.3 is 5.73 Å². The molecule has 2 aromatic heterocycles. The average Bonchev–Trinajstić information content (AvgIpc) is 3.18. The molecule has 0 saturated heterocycles. The maximum atomic E-state index is 11.1. The van der Waals surface area contributed by atoms with Crippen molar-refractivity contribution in [3.63, 3.8) is 0 Å². The van der Waals surface area contributed by atoms with Crippen molar-refractivity contribution >= 4 is 16.0 Å². The molecule has 1 aliphatic carbocycles. The Morgan fingerprint density at radius 3 is 2.77 bits per heavy atom. The lowest BCUT2D eigenvalue weighted by Gasteiger charge is -2.23. The summed E-state index contributed by atoms with van der Waals surface area (Å²) in [7, 11) is -1.82. The SMILES string of the molecule is CS(C)(N=O)c1cc(-c2ccn(C3CCCC3)n2)cnc1N. The van der Waals surface area contributed by atoms with E-state index in [1.807, 2.05) is 35.5 Å². The van der Waals surface area contributed by atoms with Gasteiger partial charge in [0.25, 0.3) is 0 Å². The van der Waals surface area contributed by atoms with Crippen molar-refractivity contribution in [1.29, 1.82) is 0 Å². The molecular formula is C15H21N5OS. The monoisotopic (exact) mass is 319 g/mol. The minimum atomic E-state index is -1.82. The number of anilines is 1. The summed E-state index contributed by atoms with van der Waals surface area (Å²) >= 11 is 0. The number of aromatic nitrogens is 3. The van der Waals surface area contributed by atoms with E-state index in [1.165, 1.54) is 25.7 Å². The highest BCUT2D eigenvalue weighted by atomic mass is 32.3. The fourth-order valence-corrected chi connectivity index (χ4v) is 3.96. The van der Waals surface area contributed by atoms with E-state index < -0.39 is 10.2 Å². The summed E-state index contributed by atoms with van der Waals surface area (Å²) in [6.07, 6.45) is 12.3. The fourth-order valence-electron chi connectivity index (χ4n) is 2.90. The molecule has 22 heavy (non-hydrogen) atoms. The third-order valence-corrected chi connectivity index (χ3v) is 5.99. The number of nitrogens with zero attached hydrogens (tertiary/aromatic N) is 4. The average molecular weight is 319 g/mol. The number of hydrogen-bond donors (Lipinski definition) is 1. The highest BCUT2D eigenvalue weighted by Crippen LogP contribution is 2.52. The quantitative estimate of drug-likeness (QED) is 0.870. The van der Waals surface area contributed by atoms with Crippen LogP contribution in [0.2, 0.25) is 0 Å². The van der Waals surface area contributed by atoms with Crippen LogP contribution in [0.25, 0.3) is 11.3 Å². The molecule has 0 bridgehead atoms. The molecule has 2 N–H and O–H groups in total. The largest absolute Gasteiger partial charge is 0.383 e. The lowest BCUT2D eigenvalue weighted by atomic mass is 10.2. The first-order valence-electron chi connectivity index (χ1n) is 7.40. The Labute approximate surface area is 131 Å². The Morgan fingerprint density at radius 2 is 2.09 bits per heavy atom. The first kappa shape index (κ1) is 15.0. The normalized spacial score (nSPS) is 16.8. The second kappa shape index (κ2) is 5.72. The van der Waals surface area contributed by atoms with Gasteiger partial charge in [0.05, 0.1) is 16.6 Å². The van der Waals surface area contributed by atoms with Gasteiger partial charge >= 0.3 is 0 Å². The van der Waals surface area contributed by atoms with Gasteiger partial charge in [0, 0.05) is 18.0 Å². The molecule has 3 rings (SSSR count). The minimum absolute atomic E-state index is 0.374. The predicted octanol–water partition coefficient (Wildman–Crippen LogP) is 3.75. The van der Waals surface area contributed by atoms with Crippen molar-refractivity contribution in [3.8, 4) is 11.3 Å². The molecular weight excluding hydrogens is 298 g/mol. The summed E-state index contributed by atoms with van der Waals surface area (Å²) < 4.78 is 5.29. The van der Waals surface area contributed by atoms with Crippen LogP contribution in [0.1, 0.15) is 31.7 Å².